The van der Waals surface area contributed by atoms with Crippen LogP contribution in [0.3, 0.4) is 0 Å². The van der Waals surface area contributed by atoms with Crippen molar-refractivity contribution in [2.45, 2.75) is 0 Å². The maximum Gasteiger partial charge on any atom is -0.00262 e. The first kappa shape index (κ1) is 26.4. The smallest absolute Gasteiger partial charge is 0.00262 e. The molecule has 0 saturated carbocycles. The molecule has 9 aromatic carbocycles. The lowest BCUT2D eigenvalue weighted by Crippen LogP contribution is -1.91. The van der Waals surface area contributed by atoms with Crippen molar-refractivity contribution in [3.8, 4) is 44.5 Å². The maximum absolute atomic E-state index is 2.37. The molecule has 0 radical (unpaired) electrons. The van der Waals surface area contributed by atoms with Gasteiger partial charge in [0, 0.05) is 0 Å². The van der Waals surface area contributed by atoms with E-state index in [2.05, 4.69) is 182 Å². The van der Waals surface area contributed by atoms with Gasteiger partial charge in [0.1, 0.15) is 0 Å². The van der Waals surface area contributed by atoms with Gasteiger partial charge in [-0.05, 0) is 106 Å². The average molecular weight is 583 g/mol. The molecule has 0 atom stereocenters. The molecule has 0 nitrogen and oxygen atoms in total. The number of hydrogen-bond donors (Lipinski definition) is 0. The molecule has 0 heteroatoms. The first-order valence-corrected chi connectivity index (χ1v) is 15.9. The van der Waals surface area contributed by atoms with E-state index < -0.39 is 0 Å². The summed E-state index contributed by atoms with van der Waals surface area (Å²) in [5.41, 5.74) is 9.98. The first-order chi connectivity index (χ1) is 22.8. The van der Waals surface area contributed by atoms with Gasteiger partial charge in [-0.25, -0.2) is 0 Å². The molecular weight excluding hydrogens is 553 g/mol. The van der Waals surface area contributed by atoms with Crippen molar-refractivity contribution in [1.29, 1.82) is 0 Å². The van der Waals surface area contributed by atoms with Gasteiger partial charge in [-0.1, -0.05) is 164 Å². The summed E-state index contributed by atoms with van der Waals surface area (Å²) in [6.45, 7) is 0. The second kappa shape index (κ2) is 10.9. The van der Waals surface area contributed by atoms with E-state index in [0.29, 0.717) is 0 Å². The zero-order chi connectivity index (χ0) is 30.5. The topological polar surface area (TPSA) is 0 Å². The van der Waals surface area contributed by atoms with E-state index in [1.165, 1.54) is 87.6 Å². The van der Waals surface area contributed by atoms with Gasteiger partial charge in [0.05, 0.1) is 0 Å². The van der Waals surface area contributed by atoms with Crippen molar-refractivity contribution in [3.05, 3.63) is 182 Å². The summed E-state index contributed by atoms with van der Waals surface area (Å²) in [5, 5.41) is 10.1. The van der Waals surface area contributed by atoms with Gasteiger partial charge in [0.25, 0.3) is 0 Å². The zero-order valence-electron chi connectivity index (χ0n) is 25.3. The summed E-state index contributed by atoms with van der Waals surface area (Å²) in [7, 11) is 0. The fourth-order valence-corrected chi connectivity index (χ4v) is 7.16. The Morgan fingerprint density at radius 1 is 0.196 bits per heavy atom. The molecule has 9 aromatic rings. The molecule has 9 rings (SSSR count). The van der Waals surface area contributed by atoms with E-state index in [4.69, 9.17) is 0 Å². The number of rotatable bonds is 4. The lowest BCUT2D eigenvalue weighted by molar-refractivity contribution is 1.63. The van der Waals surface area contributed by atoms with Crippen molar-refractivity contribution in [1.82, 2.24) is 0 Å². The molecule has 0 aromatic heterocycles. The van der Waals surface area contributed by atoms with Gasteiger partial charge in [-0.3, -0.25) is 0 Å². The fraction of sp³-hybridized carbons (Fsp3) is 0. The Hall–Kier alpha value is -5.98. The molecule has 0 aliphatic rings. The van der Waals surface area contributed by atoms with Gasteiger partial charge in [0.2, 0.25) is 0 Å². The van der Waals surface area contributed by atoms with Gasteiger partial charge in [-0.2, -0.15) is 0 Å². The Balaban J connectivity index is 1.21. The minimum absolute atomic E-state index is 1.23. The van der Waals surface area contributed by atoms with Crippen LogP contribution in [0.25, 0.3) is 87.6 Å². The third-order valence-corrected chi connectivity index (χ3v) is 9.42. The van der Waals surface area contributed by atoms with Crippen molar-refractivity contribution in [2.75, 3.05) is 0 Å². The van der Waals surface area contributed by atoms with Crippen molar-refractivity contribution >= 4 is 43.1 Å². The second-order valence-electron chi connectivity index (χ2n) is 12.1. The predicted octanol–water partition coefficient (Wildman–Crippen LogP) is 13.0. The van der Waals surface area contributed by atoms with Crippen molar-refractivity contribution < 1.29 is 0 Å². The number of fused-ring (bicyclic) bond motifs is 4. The van der Waals surface area contributed by atoms with Gasteiger partial charge in [-0.15, -0.1) is 0 Å². The molecule has 0 spiro atoms. The molecule has 214 valence electrons. The third kappa shape index (κ3) is 4.47. The van der Waals surface area contributed by atoms with Crippen LogP contribution < -0.4 is 0 Å². The van der Waals surface area contributed by atoms with E-state index in [1.54, 1.807) is 0 Å². The highest BCUT2D eigenvalue weighted by Crippen LogP contribution is 2.44. The van der Waals surface area contributed by atoms with E-state index in [1.807, 2.05) is 0 Å². The van der Waals surface area contributed by atoms with Crippen LogP contribution in [0.1, 0.15) is 0 Å². The monoisotopic (exact) mass is 582 g/mol. The summed E-state index contributed by atoms with van der Waals surface area (Å²) < 4.78 is 0. The van der Waals surface area contributed by atoms with E-state index >= 15 is 0 Å². The van der Waals surface area contributed by atoms with Crippen LogP contribution in [0, 0.1) is 0 Å². The maximum atomic E-state index is 2.37. The first-order valence-electron chi connectivity index (χ1n) is 15.9. The minimum Gasteiger partial charge on any atom is -0.0622 e. The SMILES string of the molecule is c1ccc(-c2ccc3ccc(-c4c5ccccc5c(-c5ccc(-c6ccc7ccccc7c6)cc5)c5ccccc45)cc3c2)cc1. The highest BCUT2D eigenvalue weighted by molar-refractivity contribution is 6.21. The normalized spacial score (nSPS) is 11.5. The molecule has 0 heterocycles. The molecular formula is C46H30. The molecule has 0 saturated heterocycles. The molecule has 0 bridgehead atoms. The largest absolute Gasteiger partial charge is 0.0622 e. The molecule has 0 N–H and O–H groups in total. The minimum atomic E-state index is 1.23. The summed E-state index contributed by atoms with van der Waals surface area (Å²) >= 11 is 0. The van der Waals surface area contributed by atoms with E-state index in [-0.39, 0.29) is 0 Å². The number of benzene rings is 9. The average Bonchev–Trinajstić information content (AvgIpc) is 3.13. The second-order valence-corrected chi connectivity index (χ2v) is 12.1. The molecule has 46 heavy (non-hydrogen) atoms. The van der Waals surface area contributed by atoms with Crippen molar-refractivity contribution in [2.24, 2.45) is 0 Å². The number of hydrogen-bond acceptors (Lipinski definition) is 0. The van der Waals surface area contributed by atoms with E-state index in [0.717, 1.165) is 0 Å². The summed E-state index contributed by atoms with van der Waals surface area (Å²) in [6.07, 6.45) is 0. The van der Waals surface area contributed by atoms with Crippen LogP contribution in [0.4, 0.5) is 0 Å². The van der Waals surface area contributed by atoms with Crippen molar-refractivity contribution in [3.63, 3.8) is 0 Å². The lowest BCUT2D eigenvalue weighted by atomic mass is 9.85. The standard InChI is InChI=1S/C46H30/c1-2-10-31(11-3-1)38-26-21-34-22-27-39(30-40(34)29-38)46-43-16-8-6-14-41(43)45(42-15-7-9-17-44(42)46)35-23-18-33(19-24-35)37-25-20-32-12-4-5-13-36(32)28-37/h1-30H. The Bertz CT molecular complexity index is 2500. The van der Waals surface area contributed by atoms with Gasteiger partial charge < -0.3 is 0 Å². The highest BCUT2D eigenvalue weighted by atomic mass is 14.2. The van der Waals surface area contributed by atoms with Crippen LogP contribution in [0.2, 0.25) is 0 Å². The van der Waals surface area contributed by atoms with E-state index in [9.17, 15) is 0 Å². The molecule has 0 amide bonds. The summed E-state index contributed by atoms with van der Waals surface area (Å²) in [5.74, 6) is 0. The fourth-order valence-electron chi connectivity index (χ4n) is 7.16. The Morgan fingerprint density at radius 2 is 0.565 bits per heavy atom. The Labute approximate surface area is 268 Å². The van der Waals surface area contributed by atoms with Crippen LogP contribution in [-0.2, 0) is 0 Å². The van der Waals surface area contributed by atoms with Gasteiger partial charge in [0.15, 0.2) is 0 Å². The van der Waals surface area contributed by atoms with Crippen LogP contribution in [0.5, 0.6) is 0 Å². The quantitative estimate of drug-likeness (QED) is 0.181. The molecule has 0 fully saturated rings. The zero-order valence-corrected chi connectivity index (χ0v) is 25.3. The van der Waals surface area contributed by atoms with Crippen LogP contribution in [0.15, 0.2) is 182 Å². The van der Waals surface area contributed by atoms with Gasteiger partial charge >= 0.3 is 0 Å². The summed E-state index contributed by atoms with van der Waals surface area (Å²) in [4.78, 5) is 0. The van der Waals surface area contributed by atoms with Crippen LogP contribution in [-0.4, -0.2) is 0 Å². The van der Waals surface area contributed by atoms with Crippen LogP contribution >= 0.6 is 0 Å². The predicted molar refractivity (Wildman–Crippen MR) is 198 cm³/mol. The lowest BCUT2D eigenvalue weighted by Gasteiger charge is -2.18. The summed E-state index contributed by atoms with van der Waals surface area (Å²) in [6, 6.07) is 66.6. The molecule has 0 aliphatic heterocycles. The Morgan fingerprint density at radius 3 is 1.17 bits per heavy atom. The Kier molecular flexibility index (Phi) is 6.25. The highest BCUT2D eigenvalue weighted by Gasteiger charge is 2.17. The third-order valence-electron chi connectivity index (χ3n) is 9.42. The molecule has 0 unspecified atom stereocenters. The molecule has 0 aliphatic carbocycles.